The molecule has 0 radical (unpaired) electrons. The highest BCUT2D eigenvalue weighted by molar-refractivity contribution is 5.07. The standard InChI is InChI=1S/C10H19N/c1-8(2)11(3)9-6-10(7-9)4-5-10/h8-9H,4-7H2,1-3H3. The fraction of sp³-hybridized carbons (Fsp3) is 1.00. The second-order valence-corrected chi connectivity index (χ2v) is 4.82. The second kappa shape index (κ2) is 2.22. The number of hydrogen-bond donors (Lipinski definition) is 0. The van der Waals surface area contributed by atoms with Crippen LogP contribution in [0.15, 0.2) is 0 Å². The van der Waals surface area contributed by atoms with Gasteiger partial charge in [-0.15, -0.1) is 0 Å². The number of nitrogens with zero attached hydrogens (tertiary/aromatic N) is 1. The number of rotatable bonds is 2. The largest absolute Gasteiger partial charge is 0.301 e. The molecule has 0 aromatic rings. The van der Waals surface area contributed by atoms with Gasteiger partial charge in [-0.1, -0.05) is 0 Å². The van der Waals surface area contributed by atoms with Gasteiger partial charge >= 0.3 is 0 Å². The lowest BCUT2D eigenvalue weighted by Crippen LogP contribution is -2.46. The van der Waals surface area contributed by atoms with Crippen LogP contribution >= 0.6 is 0 Å². The Bertz CT molecular complexity index is 150. The van der Waals surface area contributed by atoms with Gasteiger partial charge in [0.15, 0.2) is 0 Å². The van der Waals surface area contributed by atoms with E-state index < -0.39 is 0 Å². The Morgan fingerprint density at radius 3 is 2.18 bits per heavy atom. The van der Waals surface area contributed by atoms with E-state index in [0.29, 0.717) is 0 Å². The summed E-state index contributed by atoms with van der Waals surface area (Å²) in [5, 5.41) is 0. The predicted octanol–water partition coefficient (Wildman–Crippen LogP) is 2.27. The van der Waals surface area contributed by atoms with Crippen LogP contribution in [0.1, 0.15) is 39.5 Å². The Labute approximate surface area is 69.8 Å². The Balaban J connectivity index is 1.81. The molecule has 0 aromatic carbocycles. The minimum absolute atomic E-state index is 0.732. The molecule has 64 valence electrons. The molecule has 11 heavy (non-hydrogen) atoms. The van der Waals surface area contributed by atoms with Crippen molar-refractivity contribution in [2.75, 3.05) is 7.05 Å². The van der Waals surface area contributed by atoms with Crippen LogP contribution in [0.2, 0.25) is 0 Å². The lowest BCUT2D eigenvalue weighted by molar-refractivity contribution is 0.0637. The van der Waals surface area contributed by atoms with Gasteiger partial charge in [-0.3, -0.25) is 0 Å². The fourth-order valence-electron chi connectivity index (χ4n) is 2.23. The highest BCUT2D eigenvalue weighted by Crippen LogP contribution is 2.61. The maximum atomic E-state index is 2.53. The molecule has 0 saturated heterocycles. The van der Waals surface area contributed by atoms with Crippen LogP contribution in [0.4, 0.5) is 0 Å². The average Bonchev–Trinajstić information content (AvgIpc) is 2.60. The van der Waals surface area contributed by atoms with Crippen LogP contribution in [-0.4, -0.2) is 24.0 Å². The van der Waals surface area contributed by atoms with E-state index in [0.717, 1.165) is 17.5 Å². The molecule has 2 aliphatic carbocycles. The summed E-state index contributed by atoms with van der Waals surface area (Å²) in [4.78, 5) is 2.53. The molecule has 2 aliphatic rings. The van der Waals surface area contributed by atoms with Crippen LogP contribution in [0.5, 0.6) is 0 Å². The molecule has 0 heterocycles. The van der Waals surface area contributed by atoms with Gasteiger partial charge in [0.25, 0.3) is 0 Å². The third-order valence-electron chi connectivity index (χ3n) is 3.68. The van der Waals surface area contributed by atoms with Gasteiger partial charge < -0.3 is 4.90 Å². The molecule has 0 aromatic heterocycles. The Hall–Kier alpha value is -0.0400. The zero-order valence-electron chi connectivity index (χ0n) is 7.93. The summed E-state index contributed by atoms with van der Waals surface area (Å²) >= 11 is 0. The topological polar surface area (TPSA) is 3.24 Å². The van der Waals surface area contributed by atoms with Crippen molar-refractivity contribution < 1.29 is 0 Å². The highest BCUT2D eigenvalue weighted by atomic mass is 15.2. The molecular formula is C10H19N. The van der Waals surface area contributed by atoms with Gasteiger partial charge in [0.05, 0.1) is 0 Å². The van der Waals surface area contributed by atoms with E-state index in [2.05, 4.69) is 25.8 Å². The first kappa shape index (κ1) is 7.60. The van der Waals surface area contributed by atoms with E-state index >= 15 is 0 Å². The molecule has 0 bridgehead atoms. The third-order valence-corrected chi connectivity index (χ3v) is 3.68. The molecule has 0 amide bonds. The van der Waals surface area contributed by atoms with Crippen molar-refractivity contribution >= 4 is 0 Å². The van der Waals surface area contributed by atoms with Crippen molar-refractivity contribution in [3.8, 4) is 0 Å². The van der Waals surface area contributed by atoms with E-state index in [9.17, 15) is 0 Å². The molecule has 2 fully saturated rings. The van der Waals surface area contributed by atoms with Gasteiger partial charge in [-0.25, -0.2) is 0 Å². The van der Waals surface area contributed by atoms with Gasteiger partial charge in [0, 0.05) is 12.1 Å². The van der Waals surface area contributed by atoms with E-state index in [1.54, 1.807) is 0 Å². The highest BCUT2D eigenvalue weighted by Gasteiger charge is 2.53. The summed E-state index contributed by atoms with van der Waals surface area (Å²) in [6.45, 7) is 4.58. The smallest absolute Gasteiger partial charge is 0.0105 e. The van der Waals surface area contributed by atoms with Gasteiger partial charge in [0.2, 0.25) is 0 Å². The SMILES string of the molecule is CC(C)N(C)C1CC2(CC2)C1. The molecule has 0 aliphatic heterocycles. The molecule has 0 N–H and O–H groups in total. The first-order valence-electron chi connectivity index (χ1n) is 4.85. The Kier molecular flexibility index (Phi) is 1.54. The maximum absolute atomic E-state index is 2.53. The summed E-state index contributed by atoms with van der Waals surface area (Å²) in [6.07, 6.45) is 6.02. The lowest BCUT2D eigenvalue weighted by Gasteiger charge is -2.43. The van der Waals surface area contributed by atoms with Crippen LogP contribution in [0.3, 0.4) is 0 Å². The van der Waals surface area contributed by atoms with Crippen LogP contribution < -0.4 is 0 Å². The Morgan fingerprint density at radius 1 is 1.27 bits per heavy atom. The molecule has 2 saturated carbocycles. The summed E-state index contributed by atoms with van der Waals surface area (Å²) < 4.78 is 0. The zero-order valence-corrected chi connectivity index (χ0v) is 7.93. The van der Waals surface area contributed by atoms with E-state index in [1.807, 2.05) is 0 Å². The van der Waals surface area contributed by atoms with Crippen LogP contribution in [0.25, 0.3) is 0 Å². The molecule has 1 spiro atoms. The lowest BCUT2D eigenvalue weighted by atomic mass is 9.76. The minimum atomic E-state index is 0.732. The Morgan fingerprint density at radius 2 is 1.82 bits per heavy atom. The quantitative estimate of drug-likeness (QED) is 0.588. The van der Waals surface area contributed by atoms with Crippen molar-refractivity contribution in [3.63, 3.8) is 0 Å². The van der Waals surface area contributed by atoms with Crippen molar-refractivity contribution in [2.24, 2.45) is 5.41 Å². The second-order valence-electron chi connectivity index (χ2n) is 4.82. The van der Waals surface area contributed by atoms with Gasteiger partial charge in [0.1, 0.15) is 0 Å². The van der Waals surface area contributed by atoms with Gasteiger partial charge in [-0.2, -0.15) is 0 Å². The van der Waals surface area contributed by atoms with Crippen LogP contribution in [0, 0.1) is 5.41 Å². The summed E-state index contributed by atoms with van der Waals surface area (Å²) in [6, 6.07) is 1.65. The summed E-state index contributed by atoms with van der Waals surface area (Å²) in [5.74, 6) is 0. The van der Waals surface area contributed by atoms with E-state index in [4.69, 9.17) is 0 Å². The fourth-order valence-corrected chi connectivity index (χ4v) is 2.23. The van der Waals surface area contributed by atoms with Crippen molar-refractivity contribution in [2.45, 2.75) is 51.6 Å². The monoisotopic (exact) mass is 153 g/mol. The van der Waals surface area contributed by atoms with Crippen molar-refractivity contribution in [3.05, 3.63) is 0 Å². The first-order chi connectivity index (χ1) is 5.13. The summed E-state index contributed by atoms with van der Waals surface area (Å²) in [7, 11) is 2.27. The third kappa shape index (κ3) is 1.20. The molecule has 0 unspecified atom stereocenters. The van der Waals surface area contributed by atoms with Gasteiger partial charge in [-0.05, 0) is 52.0 Å². The minimum Gasteiger partial charge on any atom is -0.301 e. The predicted molar refractivity (Wildman–Crippen MR) is 47.6 cm³/mol. The zero-order chi connectivity index (χ0) is 8.06. The molecule has 0 atom stereocenters. The maximum Gasteiger partial charge on any atom is 0.0105 e. The molecule has 1 nitrogen and oxygen atoms in total. The van der Waals surface area contributed by atoms with Crippen molar-refractivity contribution in [1.82, 2.24) is 4.90 Å². The van der Waals surface area contributed by atoms with Crippen molar-refractivity contribution in [1.29, 1.82) is 0 Å². The van der Waals surface area contributed by atoms with E-state index in [-0.39, 0.29) is 0 Å². The molecule has 1 heteroatoms. The summed E-state index contributed by atoms with van der Waals surface area (Å²) in [5.41, 5.74) is 0.869. The molecular weight excluding hydrogens is 134 g/mol. The molecule has 2 rings (SSSR count). The first-order valence-corrected chi connectivity index (χ1v) is 4.85. The van der Waals surface area contributed by atoms with E-state index in [1.165, 1.54) is 25.7 Å². The van der Waals surface area contributed by atoms with Crippen LogP contribution in [-0.2, 0) is 0 Å². The number of hydrogen-bond acceptors (Lipinski definition) is 1. The average molecular weight is 153 g/mol. The normalized spacial score (nSPS) is 28.1.